The van der Waals surface area contributed by atoms with E-state index in [4.69, 9.17) is 14.2 Å². The predicted molar refractivity (Wildman–Crippen MR) is 131 cm³/mol. The topological polar surface area (TPSA) is 140 Å². The molecular formula is C24H32N8O4. The molecule has 0 aliphatic carbocycles. The number of aromatic nitrogens is 6. The third kappa shape index (κ3) is 5.24. The molecule has 0 spiro atoms. The first-order valence-electron chi connectivity index (χ1n) is 12.3. The zero-order valence-corrected chi connectivity index (χ0v) is 20.9. The first kappa shape index (κ1) is 24.3. The molecule has 2 aliphatic heterocycles. The van der Waals surface area contributed by atoms with Gasteiger partial charge in [0.1, 0.15) is 6.10 Å². The van der Waals surface area contributed by atoms with E-state index in [0.29, 0.717) is 38.2 Å². The van der Waals surface area contributed by atoms with Crippen molar-refractivity contribution in [1.29, 1.82) is 0 Å². The maximum absolute atomic E-state index is 12.9. The number of hydrogen-bond donors (Lipinski definition) is 2. The van der Waals surface area contributed by atoms with E-state index in [9.17, 15) is 4.79 Å². The molecule has 12 nitrogen and oxygen atoms in total. The Hall–Kier alpha value is -3.38. The smallest absolute Gasteiger partial charge is 0.322 e. The van der Waals surface area contributed by atoms with Gasteiger partial charge >= 0.3 is 6.01 Å². The lowest BCUT2D eigenvalue weighted by atomic mass is 9.89. The van der Waals surface area contributed by atoms with Crippen molar-refractivity contribution in [2.24, 2.45) is 5.41 Å². The van der Waals surface area contributed by atoms with Gasteiger partial charge < -0.3 is 24.4 Å². The number of amides is 1. The molecule has 5 heterocycles. The molecule has 3 aromatic rings. The van der Waals surface area contributed by atoms with Crippen molar-refractivity contribution >= 4 is 22.9 Å². The molecule has 192 valence electrons. The number of aromatic amines is 1. The fraction of sp³-hybridized carbons (Fsp3) is 0.583. The Bertz CT molecular complexity index is 1210. The third-order valence-electron chi connectivity index (χ3n) is 6.64. The van der Waals surface area contributed by atoms with Crippen LogP contribution in [0.3, 0.4) is 0 Å². The number of piperidine rings is 1. The Morgan fingerprint density at radius 1 is 1.31 bits per heavy atom. The number of nitrogens with one attached hydrogen (secondary N) is 2. The highest BCUT2D eigenvalue weighted by atomic mass is 16.5. The molecule has 5 rings (SSSR count). The molecule has 2 fully saturated rings. The highest BCUT2D eigenvalue weighted by molar-refractivity contribution is 5.90. The number of carbonyl (C=O) groups excluding carboxylic acids is 1. The molecule has 0 radical (unpaired) electrons. The van der Waals surface area contributed by atoms with Gasteiger partial charge in [0.25, 0.3) is 5.91 Å². The number of H-pyrrole nitrogens is 1. The molecule has 12 heteroatoms. The van der Waals surface area contributed by atoms with Gasteiger partial charge in [0.05, 0.1) is 19.8 Å². The second kappa shape index (κ2) is 10.3. The Kier molecular flexibility index (Phi) is 6.97. The van der Waals surface area contributed by atoms with Crippen LogP contribution in [-0.2, 0) is 9.47 Å². The summed E-state index contributed by atoms with van der Waals surface area (Å²) in [6.07, 6.45) is 3.24. The summed E-state index contributed by atoms with van der Waals surface area (Å²) in [5.74, 6) is 0.434. The van der Waals surface area contributed by atoms with Crippen LogP contribution in [-0.4, -0.2) is 88.7 Å². The lowest BCUT2D eigenvalue weighted by Crippen LogP contribution is -2.48. The van der Waals surface area contributed by atoms with E-state index in [1.54, 1.807) is 13.3 Å². The van der Waals surface area contributed by atoms with E-state index in [2.05, 4.69) is 47.3 Å². The van der Waals surface area contributed by atoms with Gasteiger partial charge in [-0.15, -0.1) is 0 Å². The predicted octanol–water partition coefficient (Wildman–Crippen LogP) is 1.71. The molecule has 3 aromatic heterocycles. The summed E-state index contributed by atoms with van der Waals surface area (Å²) in [4.78, 5) is 32.7. The van der Waals surface area contributed by atoms with Gasteiger partial charge in [-0.2, -0.15) is 20.1 Å². The van der Waals surface area contributed by atoms with Crippen molar-refractivity contribution in [3.8, 4) is 6.01 Å². The van der Waals surface area contributed by atoms with Gasteiger partial charge in [-0.3, -0.25) is 9.89 Å². The van der Waals surface area contributed by atoms with E-state index < -0.39 is 0 Å². The van der Waals surface area contributed by atoms with Crippen molar-refractivity contribution in [1.82, 2.24) is 35.5 Å². The minimum absolute atomic E-state index is 0.0382. The number of pyridine rings is 1. The van der Waals surface area contributed by atoms with E-state index in [1.165, 1.54) is 0 Å². The molecular weight excluding hydrogens is 464 g/mol. The zero-order valence-electron chi connectivity index (χ0n) is 20.9. The van der Waals surface area contributed by atoms with Crippen LogP contribution in [0.25, 0.3) is 11.0 Å². The Labute approximate surface area is 209 Å². The van der Waals surface area contributed by atoms with Gasteiger partial charge in [-0.1, -0.05) is 6.92 Å². The van der Waals surface area contributed by atoms with Crippen LogP contribution in [0.1, 0.15) is 48.9 Å². The first-order chi connectivity index (χ1) is 17.4. The quantitative estimate of drug-likeness (QED) is 0.450. The number of carbonyl (C=O) groups is 1. The summed E-state index contributed by atoms with van der Waals surface area (Å²) in [5, 5.41) is 11.5. The molecule has 1 amide bonds. The number of rotatable bonds is 9. The fourth-order valence-corrected chi connectivity index (χ4v) is 4.56. The van der Waals surface area contributed by atoms with Gasteiger partial charge in [-0.05, 0) is 31.9 Å². The molecule has 2 saturated heterocycles. The molecule has 0 aromatic carbocycles. The molecule has 36 heavy (non-hydrogen) atoms. The Morgan fingerprint density at radius 3 is 2.83 bits per heavy atom. The summed E-state index contributed by atoms with van der Waals surface area (Å²) >= 11 is 0. The van der Waals surface area contributed by atoms with E-state index in [1.807, 2.05) is 19.1 Å². The number of nitrogens with zero attached hydrogens (tertiary/aromatic N) is 6. The van der Waals surface area contributed by atoms with Gasteiger partial charge in [0.2, 0.25) is 11.8 Å². The van der Waals surface area contributed by atoms with Crippen LogP contribution in [0.4, 0.5) is 5.95 Å². The summed E-state index contributed by atoms with van der Waals surface area (Å²) in [6.45, 7) is 7.47. The molecule has 1 atom stereocenters. The highest BCUT2D eigenvalue weighted by Gasteiger charge is 2.34. The van der Waals surface area contributed by atoms with Crippen LogP contribution < -0.4 is 15.0 Å². The maximum atomic E-state index is 12.9. The standard InChI is InChI=1S/C24H32N8O4/c1-15(11-34-3)36-23-28-20(21(33)26-12-24(2)13-35-14-24)27-22(29-23)32-9-6-16(7-10-32)18-17-5-4-8-25-19(17)31-30-18/h4-5,8,15-16H,6-7,9-14H2,1-3H3,(H,26,33)(H,25,30,31)/t15-/m1/s1. The largest absolute Gasteiger partial charge is 0.458 e. The maximum Gasteiger partial charge on any atom is 0.322 e. The molecule has 0 saturated carbocycles. The van der Waals surface area contributed by atoms with Crippen LogP contribution in [0.15, 0.2) is 18.3 Å². The lowest BCUT2D eigenvalue weighted by molar-refractivity contribution is -0.0978. The van der Waals surface area contributed by atoms with Gasteiger partial charge in [0.15, 0.2) is 5.65 Å². The number of fused-ring (bicyclic) bond motifs is 1. The van der Waals surface area contributed by atoms with Crippen LogP contribution >= 0.6 is 0 Å². The zero-order chi connectivity index (χ0) is 25.1. The Balaban J connectivity index is 1.31. The minimum atomic E-state index is -0.359. The summed E-state index contributed by atoms with van der Waals surface area (Å²) in [5.41, 5.74) is 1.78. The van der Waals surface area contributed by atoms with Crippen molar-refractivity contribution in [2.75, 3.05) is 51.5 Å². The first-order valence-corrected chi connectivity index (χ1v) is 12.3. The van der Waals surface area contributed by atoms with Crippen molar-refractivity contribution < 1.29 is 19.0 Å². The highest BCUT2D eigenvalue weighted by Crippen LogP contribution is 2.32. The normalized spacial score (nSPS) is 18.6. The van der Waals surface area contributed by atoms with Crippen molar-refractivity contribution in [3.05, 3.63) is 29.8 Å². The number of hydrogen-bond acceptors (Lipinski definition) is 10. The van der Waals surface area contributed by atoms with Gasteiger partial charge in [-0.25, -0.2) is 4.98 Å². The SMILES string of the molecule is COC[C@@H](C)Oc1nc(C(=O)NCC2(C)COC2)nc(N2CCC(c3[nH]nc4ncccc34)CC2)n1. The Morgan fingerprint density at radius 2 is 2.11 bits per heavy atom. The summed E-state index contributed by atoms with van der Waals surface area (Å²) < 4.78 is 16.3. The van der Waals surface area contributed by atoms with Crippen LogP contribution in [0.5, 0.6) is 6.01 Å². The second-order valence-corrected chi connectivity index (χ2v) is 9.88. The summed E-state index contributed by atoms with van der Waals surface area (Å²) in [7, 11) is 1.60. The average Bonchev–Trinajstić information content (AvgIpc) is 3.30. The summed E-state index contributed by atoms with van der Waals surface area (Å²) in [6, 6.07) is 4.09. The minimum Gasteiger partial charge on any atom is -0.458 e. The average molecular weight is 497 g/mol. The second-order valence-electron chi connectivity index (χ2n) is 9.88. The molecule has 2 aliphatic rings. The lowest BCUT2D eigenvalue weighted by Gasteiger charge is -2.37. The molecule has 2 N–H and O–H groups in total. The monoisotopic (exact) mass is 496 g/mol. The van der Waals surface area contributed by atoms with E-state index in [0.717, 1.165) is 42.7 Å². The van der Waals surface area contributed by atoms with Crippen LogP contribution in [0.2, 0.25) is 0 Å². The van der Waals surface area contributed by atoms with Crippen molar-refractivity contribution in [2.45, 2.75) is 38.7 Å². The number of methoxy groups -OCH3 is 1. The third-order valence-corrected chi connectivity index (χ3v) is 6.64. The number of ether oxygens (including phenoxy) is 3. The van der Waals surface area contributed by atoms with E-state index >= 15 is 0 Å². The molecule has 0 unspecified atom stereocenters. The fourth-order valence-electron chi connectivity index (χ4n) is 4.56. The van der Waals surface area contributed by atoms with E-state index in [-0.39, 0.29) is 29.3 Å². The van der Waals surface area contributed by atoms with Crippen molar-refractivity contribution in [3.63, 3.8) is 0 Å². The number of anilines is 1. The van der Waals surface area contributed by atoms with Gasteiger partial charge in [0, 0.05) is 55.4 Å². The van der Waals surface area contributed by atoms with Crippen LogP contribution in [0, 0.1) is 5.41 Å². The molecule has 0 bridgehead atoms.